The van der Waals surface area contributed by atoms with E-state index in [1.54, 1.807) is 0 Å². The third-order valence-electron chi connectivity index (χ3n) is 0.669. The van der Waals surface area contributed by atoms with Crippen molar-refractivity contribution in [2.45, 2.75) is 6.42 Å². The lowest BCUT2D eigenvalue weighted by molar-refractivity contribution is -0.141. The zero-order valence-corrected chi connectivity index (χ0v) is 6.10. The maximum Gasteiger partial charge on any atom is 0.308 e. The first-order chi connectivity index (χ1) is 4.66. The molecule has 10 heavy (non-hydrogen) atoms. The van der Waals surface area contributed by atoms with Crippen LogP contribution in [-0.4, -0.2) is 27.2 Å². The summed E-state index contributed by atoms with van der Waals surface area (Å²) in [5.41, 5.74) is 5.00. The van der Waals surface area contributed by atoms with Crippen molar-refractivity contribution in [1.82, 2.24) is 0 Å². The summed E-state index contributed by atoms with van der Waals surface area (Å²) in [6.45, 7) is 0.191. The number of hydrogen-bond donors (Lipinski definition) is 2. The third-order valence-corrected chi connectivity index (χ3v) is 0.989. The lowest BCUT2D eigenvalue weighted by atomic mass is 10.4. The van der Waals surface area contributed by atoms with Crippen LogP contribution < -0.4 is 5.73 Å². The summed E-state index contributed by atoms with van der Waals surface area (Å²) in [6, 6.07) is 0. The fourth-order valence-corrected chi connectivity index (χ4v) is 0.538. The maximum atomic E-state index is 10.4. The summed E-state index contributed by atoms with van der Waals surface area (Å²) in [4.78, 5) is 10.4. The summed E-state index contributed by atoms with van der Waals surface area (Å²) in [5.74, 6) is -1.02. The van der Waals surface area contributed by atoms with Gasteiger partial charge in [-0.3, -0.25) is 4.79 Å². The van der Waals surface area contributed by atoms with Crippen LogP contribution in [0, 0.1) is 0 Å². The van der Waals surface area contributed by atoms with E-state index < -0.39 is 23.0 Å². The number of hydrogen-bond acceptors (Lipinski definition) is 4. The Balaban J connectivity index is 3.30. The normalized spacial score (nSPS) is 12.6. The standard InChI is InChI=1S/C4H9NO4S/c5-2-1-4(6)9-3-10(7)8/h1-3,5H2,(H,7,8). The lowest BCUT2D eigenvalue weighted by Gasteiger charge is -1.98. The van der Waals surface area contributed by atoms with Crippen LogP contribution >= 0.6 is 0 Å². The Hall–Kier alpha value is -0.460. The van der Waals surface area contributed by atoms with E-state index in [1.165, 1.54) is 0 Å². The molecule has 0 spiro atoms. The van der Waals surface area contributed by atoms with Gasteiger partial charge in [0.2, 0.25) is 0 Å². The molecule has 0 aromatic rings. The Morgan fingerprint density at radius 1 is 1.70 bits per heavy atom. The molecule has 0 aliphatic carbocycles. The van der Waals surface area contributed by atoms with E-state index in [9.17, 15) is 9.00 Å². The highest BCUT2D eigenvalue weighted by Gasteiger charge is 2.01. The predicted octanol–water partition coefficient (Wildman–Crippen LogP) is -0.942. The highest BCUT2D eigenvalue weighted by molar-refractivity contribution is 7.79. The van der Waals surface area contributed by atoms with Crippen LogP contribution in [-0.2, 0) is 20.6 Å². The van der Waals surface area contributed by atoms with E-state index in [4.69, 9.17) is 10.3 Å². The molecule has 0 fully saturated rings. The molecule has 0 saturated heterocycles. The molecule has 1 atom stereocenters. The molecule has 0 rings (SSSR count). The van der Waals surface area contributed by atoms with Gasteiger partial charge >= 0.3 is 5.97 Å². The van der Waals surface area contributed by atoms with Crippen molar-refractivity contribution in [2.24, 2.45) is 5.73 Å². The minimum Gasteiger partial charge on any atom is -0.449 e. The minimum absolute atomic E-state index is 0.0806. The molecule has 60 valence electrons. The average molecular weight is 167 g/mol. The molecule has 0 aromatic carbocycles. The molecule has 6 heteroatoms. The Kier molecular flexibility index (Phi) is 5.09. The van der Waals surface area contributed by atoms with E-state index in [1.807, 2.05) is 0 Å². The van der Waals surface area contributed by atoms with E-state index in [-0.39, 0.29) is 13.0 Å². The van der Waals surface area contributed by atoms with E-state index in [0.717, 1.165) is 0 Å². The molecule has 0 saturated carbocycles. The van der Waals surface area contributed by atoms with Gasteiger partial charge in [0, 0.05) is 6.54 Å². The Morgan fingerprint density at radius 2 is 2.30 bits per heavy atom. The van der Waals surface area contributed by atoms with Crippen LogP contribution in [0.1, 0.15) is 6.42 Å². The van der Waals surface area contributed by atoms with Gasteiger partial charge in [-0.2, -0.15) is 0 Å². The summed E-state index contributed by atoms with van der Waals surface area (Å²) in [5, 5.41) is 0. The second-order valence-corrected chi connectivity index (χ2v) is 2.37. The molecule has 3 N–H and O–H groups in total. The van der Waals surface area contributed by atoms with Crippen molar-refractivity contribution in [3.8, 4) is 0 Å². The zero-order chi connectivity index (χ0) is 7.98. The van der Waals surface area contributed by atoms with Crippen molar-refractivity contribution >= 4 is 17.0 Å². The van der Waals surface area contributed by atoms with Crippen LogP contribution in [0.4, 0.5) is 0 Å². The van der Waals surface area contributed by atoms with Gasteiger partial charge in [0.15, 0.2) is 17.0 Å². The van der Waals surface area contributed by atoms with Crippen LogP contribution in [0.3, 0.4) is 0 Å². The first-order valence-electron chi connectivity index (χ1n) is 2.60. The number of nitrogens with two attached hydrogens (primary N) is 1. The zero-order valence-electron chi connectivity index (χ0n) is 5.28. The van der Waals surface area contributed by atoms with E-state index in [0.29, 0.717) is 0 Å². The largest absolute Gasteiger partial charge is 0.449 e. The smallest absolute Gasteiger partial charge is 0.308 e. The van der Waals surface area contributed by atoms with Crippen LogP contribution in [0.15, 0.2) is 0 Å². The van der Waals surface area contributed by atoms with Crippen molar-refractivity contribution < 1.29 is 18.3 Å². The first-order valence-corrected chi connectivity index (χ1v) is 3.87. The van der Waals surface area contributed by atoms with Crippen LogP contribution in [0.2, 0.25) is 0 Å². The third kappa shape index (κ3) is 5.67. The fourth-order valence-electron chi connectivity index (χ4n) is 0.306. The highest BCUT2D eigenvalue weighted by Crippen LogP contribution is 1.84. The van der Waals surface area contributed by atoms with E-state index in [2.05, 4.69) is 4.74 Å². The number of ether oxygens (including phenoxy) is 1. The molecular weight excluding hydrogens is 158 g/mol. The highest BCUT2D eigenvalue weighted by atomic mass is 32.2. The van der Waals surface area contributed by atoms with Gasteiger partial charge in [0.05, 0.1) is 6.42 Å². The molecule has 0 heterocycles. The minimum atomic E-state index is -2.07. The molecule has 0 bridgehead atoms. The quantitative estimate of drug-likeness (QED) is 0.416. The molecule has 0 amide bonds. The number of esters is 1. The fraction of sp³-hybridized carbons (Fsp3) is 0.750. The summed E-state index contributed by atoms with van der Waals surface area (Å²) < 4.78 is 22.3. The average Bonchev–Trinajstić information content (AvgIpc) is 1.85. The van der Waals surface area contributed by atoms with Gasteiger partial charge in [-0.1, -0.05) is 0 Å². The van der Waals surface area contributed by atoms with Crippen molar-refractivity contribution in [3.63, 3.8) is 0 Å². The van der Waals surface area contributed by atoms with Crippen LogP contribution in [0.25, 0.3) is 0 Å². The molecule has 0 aromatic heterocycles. The lowest BCUT2D eigenvalue weighted by Crippen LogP contribution is -2.13. The van der Waals surface area contributed by atoms with E-state index >= 15 is 0 Å². The molecule has 5 nitrogen and oxygen atoms in total. The summed E-state index contributed by atoms with van der Waals surface area (Å²) >= 11 is -2.07. The second kappa shape index (κ2) is 5.33. The first kappa shape index (κ1) is 9.54. The van der Waals surface area contributed by atoms with Crippen molar-refractivity contribution in [1.29, 1.82) is 0 Å². The Labute approximate surface area is 60.8 Å². The number of carbonyl (C=O) groups excluding carboxylic acids is 1. The molecular formula is C4H9NO4S. The number of carbonyl (C=O) groups is 1. The number of rotatable bonds is 4. The summed E-state index contributed by atoms with van der Waals surface area (Å²) in [7, 11) is 0. The van der Waals surface area contributed by atoms with Gasteiger partial charge in [0.25, 0.3) is 0 Å². The molecule has 1 unspecified atom stereocenters. The van der Waals surface area contributed by atoms with Crippen molar-refractivity contribution in [3.05, 3.63) is 0 Å². The van der Waals surface area contributed by atoms with Gasteiger partial charge < -0.3 is 15.0 Å². The SMILES string of the molecule is NCCC(=O)OCS(=O)O. The molecule has 0 aliphatic rings. The second-order valence-electron chi connectivity index (χ2n) is 1.49. The van der Waals surface area contributed by atoms with Gasteiger partial charge in [-0.15, -0.1) is 0 Å². The van der Waals surface area contributed by atoms with Gasteiger partial charge in [-0.05, 0) is 0 Å². The Bertz CT molecular complexity index is 137. The van der Waals surface area contributed by atoms with Gasteiger partial charge in [-0.25, -0.2) is 4.21 Å². The monoisotopic (exact) mass is 167 g/mol. The van der Waals surface area contributed by atoms with Gasteiger partial charge in [0.1, 0.15) is 0 Å². The maximum absolute atomic E-state index is 10.4. The topological polar surface area (TPSA) is 89.6 Å². The van der Waals surface area contributed by atoms with Crippen molar-refractivity contribution in [2.75, 3.05) is 12.5 Å². The Morgan fingerprint density at radius 3 is 2.70 bits per heavy atom. The summed E-state index contributed by atoms with van der Waals surface area (Å²) in [6.07, 6.45) is 0.0806. The predicted molar refractivity (Wildman–Crippen MR) is 35.4 cm³/mol. The van der Waals surface area contributed by atoms with Crippen LogP contribution in [0.5, 0.6) is 0 Å². The molecule has 0 radical (unpaired) electrons. The molecule has 0 aliphatic heterocycles.